The first-order chi connectivity index (χ1) is 11.1. The van der Waals surface area contributed by atoms with Crippen molar-refractivity contribution in [2.24, 2.45) is 0 Å². The average Bonchev–Trinajstić information content (AvgIpc) is 2.44. The lowest BCUT2D eigenvalue weighted by molar-refractivity contribution is 0.618. The second kappa shape index (κ2) is 8.64. The zero-order chi connectivity index (χ0) is 17.9. The van der Waals surface area contributed by atoms with Gasteiger partial charge in [0.25, 0.3) is 0 Å². The highest BCUT2D eigenvalue weighted by molar-refractivity contribution is 9.11. The van der Waals surface area contributed by atoms with Crippen LogP contribution in [0.1, 0.15) is 37.9 Å². The van der Waals surface area contributed by atoms with Crippen molar-refractivity contribution >= 4 is 58.4 Å². The fourth-order valence-corrected chi connectivity index (χ4v) is 4.25. The van der Waals surface area contributed by atoms with Crippen molar-refractivity contribution in [3.8, 4) is 0 Å². The van der Waals surface area contributed by atoms with Crippen LogP contribution >= 0.6 is 53.0 Å². The Hall–Kier alpha value is 0.0700. The molecule has 0 fully saturated rings. The number of nitrogens with one attached hydrogen (secondary N) is 1. The number of hydrogen-bond acceptors (Lipinski definition) is 2. The van der Waals surface area contributed by atoms with E-state index >= 15 is 0 Å². The highest BCUT2D eigenvalue weighted by Crippen LogP contribution is 2.32. The second-order valence-corrected chi connectivity index (χ2v) is 10.7. The van der Waals surface area contributed by atoms with E-state index in [0.717, 1.165) is 25.4 Å². The molecule has 0 aliphatic rings. The Morgan fingerprint density at radius 1 is 1.17 bits per heavy atom. The highest BCUT2D eigenvalue weighted by Gasteiger charge is 2.20. The molecule has 0 bridgehead atoms. The topological polar surface area (TPSA) is 12.0 Å². The molecule has 0 saturated carbocycles. The number of rotatable bonds is 5. The summed E-state index contributed by atoms with van der Waals surface area (Å²) in [4.78, 5) is 0. The van der Waals surface area contributed by atoms with Gasteiger partial charge in [0.1, 0.15) is 5.82 Å². The van der Waals surface area contributed by atoms with Crippen LogP contribution in [0, 0.1) is 5.82 Å². The minimum Gasteiger partial charge on any atom is -0.256 e. The number of benzene rings is 2. The molecule has 2 aromatic rings. The van der Waals surface area contributed by atoms with Crippen molar-refractivity contribution in [2.75, 3.05) is 0 Å². The van der Waals surface area contributed by atoms with Crippen molar-refractivity contribution in [3.63, 3.8) is 0 Å². The van der Waals surface area contributed by atoms with Gasteiger partial charge < -0.3 is 0 Å². The Bertz CT molecular complexity index is 698. The summed E-state index contributed by atoms with van der Waals surface area (Å²) in [6.45, 7) is 6.50. The van der Waals surface area contributed by atoms with Gasteiger partial charge in [-0.05, 0) is 74.0 Å². The van der Waals surface area contributed by atoms with Crippen LogP contribution in [0.5, 0.6) is 0 Å². The van der Waals surface area contributed by atoms with E-state index in [1.165, 1.54) is 6.07 Å². The maximum absolute atomic E-state index is 13.7. The van der Waals surface area contributed by atoms with E-state index in [2.05, 4.69) is 72.7 Å². The third-order valence-electron chi connectivity index (χ3n) is 3.26. The maximum Gasteiger partial charge on any atom is 0.124 e. The summed E-state index contributed by atoms with van der Waals surface area (Å²) in [5, 5.41) is 0.862. The zero-order valence-electron chi connectivity index (χ0n) is 13.9. The standard InChI is InChI=1S/C18H21Br2FNPS/c1-18(2,3)24-22-17(15-9-12(19)4-5-16(15)20)8-11-6-13(21)10-14(23)7-11/h4-7,9-10,17,22H,8,23H2,1-3H3. The van der Waals surface area contributed by atoms with Gasteiger partial charge in [0.2, 0.25) is 0 Å². The van der Waals surface area contributed by atoms with E-state index in [1.54, 1.807) is 18.0 Å². The van der Waals surface area contributed by atoms with Gasteiger partial charge in [0, 0.05) is 19.7 Å². The average molecular weight is 493 g/mol. The lowest BCUT2D eigenvalue weighted by Crippen LogP contribution is -2.24. The molecule has 24 heavy (non-hydrogen) atoms. The van der Waals surface area contributed by atoms with Gasteiger partial charge in [-0.15, -0.1) is 9.24 Å². The van der Waals surface area contributed by atoms with Crippen molar-refractivity contribution < 1.29 is 4.39 Å². The first kappa shape index (κ1) is 20.4. The Morgan fingerprint density at radius 2 is 1.88 bits per heavy atom. The predicted octanol–water partition coefficient (Wildman–Crippen LogP) is 6.17. The molecule has 0 aliphatic heterocycles. The van der Waals surface area contributed by atoms with E-state index in [4.69, 9.17) is 0 Å². The van der Waals surface area contributed by atoms with Gasteiger partial charge >= 0.3 is 0 Å². The van der Waals surface area contributed by atoms with Crippen LogP contribution in [0.25, 0.3) is 0 Å². The molecule has 130 valence electrons. The molecule has 0 aliphatic carbocycles. The molecule has 6 heteroatoms. The molecule has 1 N–H and O–H groups in total. The van der Waals surface area contributed by atoms with Gasteiger partial charge in [-0.1, -0.05) is 49.9 Å². The smallest absolute Gasteiger partial charge is 0.124 e. The van der Waals surface area contributed by atoms with E-state index in [9.17, 15) is 4.39 Å². The summed E-state index contributed by atoms with van der Waals surface area (Å²) in [5.41, 5.74) is 2.12. The molecule has 2 rings (SSSR count). The van der Waals surface area contributed by atoms with E-state index in [-0.39, 0.29) is 16.6 Å². The Kier molecular flexibility index (Phi) is 7.34. The first-order valence-electron chi connectivity index (χ1n) is 7.57. The SMILES string of the molecule is CC(C)(C)SNC(Cc1cc(F)cc(P)c1)c1cc(Br)ccc1Br. The Balaban J connectivity index is 2.33. The van der Waals surface area contributed by atoms with E-state index in [0.29, 0.717) is 6.42 Å². The highest BCUT2D eigenvalue weighted by atomic mass is 79.9. The van der Waals surface area contributed by atoms with Gasteiger partial charge in [-0.3, -0.25) is 4.72 Å². The molecule has 0 amide bonds. The van der Waals surface area contributed by atoms with Crippen molar-refractivity contribution in [1.82, 2.24) is 4.72 Å². The summed E-state index contributed by atoms with van der Waals surface area (Å²) in [7, 11) is 2.57. The predicted molar refractivity (Wildman–Crippen MR) is 115 cm³/mol. The minimum atomic E-state index is -0.201. The first-order valence-corrected chi connectivity index (χ1v) is 10.6. The molecule has 0 saturated heterocycles. The second-order valence-electron chi connectivity index (χ2n) is 6.65. The van der Waals surface area contributed by atoms with Crippen LogP contribution in [0.3, 0.4) is 0 Å². The summed E-state index contributed by atoms with van der Waals surface area (Å²) in [6.07, 6.45) is 0.706. The number of hydrogen-bond donors (Lipinski definition) is 1. The Labute approximate surface area is 167 Å². The van der Waals surface area contributed by atoms with E-state index < -0.39 is 0 Å². The fourth-order valence-electron chi connectivity index (χ4n) is 2.27. The molecular formula is C18H21Br2FNPS. The van der Waals surface area contributed by atoms with E-state index in [1.807, 2.05) is 18.2 Å². The van der Waals surface area contributed by atoms with Gasteiger partial charge in [-0.2, -0.15) is 0 Å². The van der Waals surface area contributed by atoms with Crippen LogP contribution in [0.15, 0.2) is 45.3 Å². The normalized spacial score (nSPS) is 13.1. The molecule has 0 spiro atoms. The summed E-state index contributed by atoms with van der Waals surface area (Å²) < 4.78 is 19.5. The summed E-state index contributed by atoms with van der Waals surface area (Å²) in [5.74, 6) is -0.201. The molecule has 2 unspecified atom stereocenters. The molecule has 0 radical (unpaired) electrons. The number of halogens is 3. The third kappa shape index (κ3) is 6.42. The van der Waals surface area contributed by atoms with Crippen LogP contribution < -0.4 is 10.0 Å². The van der Waals surface area contributed by atoms with Gasteiger partial charge in [-0.25, -0.2) is 4.39 Å². The molecular weight excluding hydrogens is 472 g/mol. The minimum absolute atomic E-state index is 0.0623. The molecule has 0 heterocycles. The van der Waals surface area contributed by atoms with Crippen molar-refractivity contribution in [1.29, 1.82) is 0 Å². The maximum atomic E-state index is 13.7. The quantitative estimate of drug-likeness (QED) is 0.395. The van der Waals surface area contributed by atoms with Crippen LogP contribution in [0.2, 0.25) is 0 Å². The summed E-state index contributed by atoms with van der Waals surface area (Å²) >= 11 is 8.88. The van der Waals surface area contributed by atoms with Crippen LogP contribution in [-0.4, -0.2) is 4.75 Å². The molecule has 0 aromatic heterocycles. The van der Waals surface area contributed by atoms with Crippen molar-refractivity contribution in [3.05, 3.63) is 62.3 Å². The zero-order valence-corrected chi connectivity index (χ0v) is 19.0. The lowest BCUT2D eigenvalue weighted by atomic mass is 9.99. The van der Waals surface area contributed by atoms with Crippen LogP contribution in [-0.2, 0) is 6.42 Å². The van der Waals surface area contributed by atoms with Crippen LogP contribution in [0.4, 0.5) is 4.39 Å². The summed E-state index contributed by atoms with van der Waals surface area (Å²) in [6, 6.07) is 11.3. The molecule has 2 atom stereocenters. The monoisotopic (exact) mass is 491 g/mol. The largest absolute Gasteiger partial charge is 0.256 e. The molecule has 1 nitrogen and oxygen atoms in total. The van der Waals surface area contributed by atoms with Gasteiger partial charge in [0.15, 0.2) is 0 Å². The van der Waals surface area contributed by atoms with Crippen molar-refractivity contribution in [2.45, 2.75) is 38.0 Å². The fraction of sp³-hybridized carbons (Fsp3) is 0.333. The Morgan fingerprint density at radius 3 is 2.50 bits per heavy atom. The lowest BCUT2D eigenvalue weighted by Gasteiger charge is -2.25. The van der Waals surface area contributed by atoms with Gasteiger partial charge in [0.05, 0.1) is 0 Å². The molecule has 2 aromatic carbocycles. The third-order valence-corrected chi connectivity index (χ3v) is 5.82.